The molecule has 0 aliphatic heterocycles. The van der Waals surface area contributed by atoms with E-state index in [4.69, 9.17) is 4.42 Å². The van der Waals surface area contributed by atoms with Crippen LogP contribution in [0, 0.1) is 13.8 Å². The van der Waals surface area contributed by atoms with Crippen LogP contribution < -0.4 is 0 Å². The Labute approximate surface area is 112 Å². The van der Waals surface area contributed by atoms with E-state index in [2.05, 4.69) is 29.9 Å². The second kappa shape index (κ2) is 4.23. The molecule has 0 aliphatic rings. The normalized spacial score (nSPS) is 11.6. The van der Waals surface area contributed by atoms with Crippen molar-refractivity contribution in [3.05, 3.63) is 41.7 Å². The predicted octanol–water partition coefficient (Wildman–Crippen LogP) is 3.75. The van der Waals surface area contributed by atoms with Crippen LogP contribution in [0.2, 0.25) is 0 Å². The maximum atomic E-state index is 5.38. The first-order valence-corrected chi connectivity index (χ1v) is 6.47. The molecule has 0 aliphatic carbocycles. The second-order valence-corrected chi connectivity index (χ2v) is 5.18. The van der Waals surface area contributed by atoms with Gasteiger partial charge >= 0.3 is 0 Å². The molecule has 3 aromatic rings. The van der Waals surface area contributed by atoms with E-state index in [9.17, 15) is 0 Å². The minimum absolute atomic E-state index is 0.457. The highest BCUT2D eigenvalue weighted by atomic mass is 16.3. The Morgan fingerprint density at radius 1 is 1.21 bits per heavy atom. The minimum atomic E-state index is 0.457. The summed E-state index contributed by atoms with van der Waals surface area (Å²) < 4.78 is 7.40. The molecule has 3 aromatic heterocycles. The summed E-state index contributed by atoms with van der Waals surface area (Å²) in [6.07, 6.45) is 3.67. The first-order chi connectivity index (χ1) is 9.06. The van der Waals surface area contributed by atoms with Crippen LogP contribution in [0.3, 0.4) is 0 Å². The van der Waals surface area contributed by atoms with E-state index in [0.29, 0.717) is 5.92 Å². The first-order valence-electron chi connectivity index (χ1n) is 6.47. The lowest BCUT2D eigenvalue weighted by atomic mass is 10.1. The van der Waals surface area contributed by atoms with Crippen LogP contribution in [-0.2, 0) is 0 Å². The summed E-state index contributed by atoms with van der Waals surface area (Å²) in [7, 11) is 0. The summed E-state index contributed by atoms with van der Waals surface area (Å²) in [6.45, 7) is 8.24. The van der Waals surface area contributed by atoms with Gasteiger partial charge in [0.25, 0.3) is 0 Å². The number of fused-ring (bicyclic) bond motifs is 1. The number of pyridine rings is 1. The smallest absolute Gasteiger partial charge is 0.164 e. The Morgan fingerprint density at radius 2 is 2.00 bits per heavy atom. The van der Waals surface area contributed by atoms with Crippen molar-refractivity contribution in [1.82, 2.24) is 14.5 Å². The summed E-state index contributed by atoms with van der Waals surface area (Å²) in [5.74, 6) is 2.26. The van der Waals surface area contributed by atoms with Crippen molar-refractivity contribution in [3.8, 4) is 5.69 Å². The third kappa shape index (κ3) is 1.93. The van der Waals surface area contributed by atoms with Gasteiger partial charge in [0.15, 0.2) is 5.65 Å². The lowest BCUT2D eigenvalue weighted by molar-refractivity contribution is 0.533. The molecule has 3 rings (SSSR count). The number of rotatable bonds is 2. The van der Waals surface area contributed by atoms with Crippen LogP contribution in [0.25, 0.3) is 16.9 Å². The van der Waals surface area contributed by atoms with Gasteiger partial charge in [-0.1, -0.05) is 13.8 Å². The van der Waals surface area contributed by atoms with Gasteiger partial charge in [0.05, 0.1) is 5.69 Å². The predicted molar refractivity (Wildman–Crippen MR) is 74.7 cm³/mol. The monoisotopic (exact) mass is 255 g/mol. The molecule has 0 spiro atoms. The molecule has 0 bridgehead atoms. The molecule has 4 heteroatoms. The SMILES string of the molecule is Cc1cc(-n2c(C)nc3cc(C(C)C)cnc32)co1. The molecular weight excluding hydrogens is 238 g/mol. The third-order valence-corrected chi connectivity index (χ3v) is 3.33. The zero-order chi connectivity index (χ0) is 13.6. The van der Waals surface area contributed by atoms with E-state index in [1.54, 1.807) is 6.26 Å². The van der Waals surface area contributed by atoms with Gasteiger partial charge in [0.1, 0.15) is 23.4 Å². The molecule has 0 N–H and O–H groups in total. The third-order valence-electron chi connectivity index (χ3n) is 3.33. The zero-order valence-corrected chi connectivity index (χ0v) is 11.6. The quantitative estimate of drug-likeness (QED) is 0.700. The van der Waals surface area contributed by atoms with Crippen LogP contribution in [0.1, 0.15) is 36.9 Å². The zero-order valence-electron chi connectivity index (χ0n) is 11.6. The highest BCUT2D eigenvalue weighted by Gasteiger charge is 2.13. The molecule has 0 atom stereocenters. The maximum absolute atomic E-state index is 5.38. The number of aromatic nitrogens is 3. The number of imidazole rings is 1. The molecule has 0 amide bonds. The van der Waals surface area contributed by atoms with Crippen molar-refractivity contribution in [3.63, 3.8) is 0 Å². The first kappa shape index (κ1) is 12.0. The van der Waals surface area contributed by atoms with Crippen LogP contribution in [0.5, 0.6) is 0 Å². The van der Waals surface area contributed by atoms with Crippen molar-refractivity contribution in [2.45, 2.75) is 33.6 Å². The van der Waals surface area contributed by atoms with E-state index >= 15 is 0 Å². The summed E-state index contributed by atoms with van der Waals surface area (Å²) in [5.41, 5.74) is 3.99. The molecular formula is C15H17N3O. The van der Waals surface area contributed by atoms with E-state index in [1.807, 2.05) is 30.7 Å². The largest absolute Gasteiger partial charge is 0.467 e. The Bertz CT molecular complexity index is 737. The summed E-state index contributed by atoms with van der Waals surface area (Å²) in [6, 6.07) is 4.11. The molecule has 0 aromatic carbocycles. The Morgan fingerprint density at radius 3 is 2.63 bits per heavy atom. The van der Waals surface area contributed by atoms with Gasteiger partial charge < -0.3 is 4.42 Å². The van der Waals surface area contributed by atoms with Gasteiger partial charge in [-0.3, -0.25) is 4.57 Å². The van der Waals surface area contributed by atoms with Gasteiger partial charge in [-0.05, 0) is 31.4 Å². The van der Waals surface area contributed by atoms with Crippen LogP contribution >= 0.6 is 0 Å². The molecule has 4 nitrogen and oxygen atoms in total. The lowest BCUT2D eigenvalue weighted by Crippen LogP contribution is -1.97. The van der Waals surface area contributed by atoms with Crippen LogP contribution in [-0.4, -0.2) is 14.5 Å². The average molecular weight is 255 g/mol. The molecule has 0 radical (unpaired) electrons. The van der Waals surface area contributed by atoms with Gasteiger partial charge in [0.2, 0.25) is 0 Å². The fraction of sp³-hybridized carbons (Fsp3) is 0.333. The fourth-order valence-electron chi connectivity index (χ4n) is 2.27. The highest BCUT2D eigenvalue weighted by Crippen LogP contribution is 2.23. The average Bonchev–Trinajstić information content (AvgIpc) is 2.90. The molecule has 0 fully saturated rings. The molecule has 98 valence electrons. The summed E-state index contributed by atoms with van der Waals surface area (Å²) in [5, 5.41) is 0. The number of nitrogens with zero attached hydrogens (tertiary/aromatic N) is 3. The van der Waals surface area contributed by atoms with Gasteiger partial charge in [-0.15, -0.1) is 0 Å². The van der Waals surface area contributed by atoms with E-state index in [0.717, 1.165) is 28.4 Å². The lowest BCUT2D eigenvalue weighted by Gasteiger charge is -2.05. The standard InChI is InChI=1S/C15H17N3O/c1-9(2)12-6-14-15(16-7-12)18(11(4)17-14)13-5-10(3)19-8-13/h5-9H,1-4H3. The maximum Gasteiger partial charge on any atom is 0.164 e. The molecule has 3 heterocycles. The molecule has 0 saturated carbocycles. The van der Waals surface area contributed by atoms with E-state index in [-0.39, 0.29) is 0 Å². The minimum Gasteiger partial charge on any atom is -0.467 e. The van der Waals surface area contributed by atoms with Crippen LogP contribution in [0.15, 0.2) is 29.0 Å². The Kier molecular flexibility index (Phi) is 2.66. The highest BCUT2D eigenvalue weighted by molar-refractivity contribution is 5.74. The van der Waals surface area contributed by atoms with Crippen molar-refractivity contribution in [1.29, 1.82) is 0 Å². The number of aryl methyl sites for hydroxylation is 2. The molecule has 19 heavy (non-hydrogen) atoms. The topological polar surface area (TPSA) is 43.9 Å². The molecule has 0 saturated heterocycles. The number of furan rings is 1. The Hall–Kier alpha value is -2.10. The van der Waals surface area contributed by atoms with E-state index < -0.39 is 0 Å². The van der Waals surface area contributed by atoms with Crippen molar-refractivity contribution in [2.24, 2.45) is 0 Å². The number of hydrogen-bond donors (Lipinski definition) is 0. The summed E-state index contributed by atoms with van der Waals surface area (Å²) >= 11 is 0. The molecule has 0 unspecified atom stereocenters. The van der Waals surface area contributed by atoms with Crippen molar-refractivity contribution in [2.75, 3.05) is 0 Å². The van der Waals surface area contributed by atoms with Crippen molar-refractivity contribution < 1.29 is 4.42 Å². The second-order valence-electron chi connectivity index (χ2n) is 5.18. The van der Waals surface area contributed by atoms with Crippen molar-refractivity contribution >= 4 is 11.2 Å². The van der Waals surface area contributed by atoms with Gasteiger partial charge in [-0.2, -0.15) is 0 Å². The fourth-order valence-corrected chi connectivity index (χ4v) is 2.27. The summed E-state index contributed by atoms with van der Waals surface area (Å²) in [4.78, 5) is 9.17. The Balaban J connectivity index is 2.23. The van der Waals surface area contributed by atoms with Crippen LogP contribution in [0.4, 0.5) is 0 Å². The number of hydrogen-bond acceptors (Lipinski definition) is 3. The van der Waals surface area contributed by atoms with Gasteiger partial charge in [0, 0.05) is 12.3 Å². The van der Waals surface area contributed by atoms with Gasteiger partial charge in [-0.25, -0.2) is 9.97 Å². The van der Waals surface area contributed by atoms with E-state index in [1.165, 1.54) is 5.56 Å².